The molecule has 1 amide bonds. The number of fused-ring (bicyclic) bond motifs is 1. The third-order valence-electron chi connectivity index (χ3n) is 6.77. The lowest BCUT2D eigenvalue weighted by molar-refractivity contribution is -0.137. The summed E-state index contributed by atoms with van der Waals surface area (Å²) in [4.78, 5) is 19.1. The smallest absolute Gasteiger partial charge is 0.384 e. The largest absolute Gasteiger partial charge is 0.417 e. The summed E-state index contributed by atoms with van der Waals surface area (Å²) in [5.41, 5.74) is 16.0. The van der Waals surface area contributed by atoms with Gasteiger partial charge in [0.05, 0.1) is 11.1 Å². The molecule has 2 heterocycles. The third kappa shape index (κ3) is 7.25. The lowest BCUT2D eigenvalue weighted by Crippen LogP contribution is -2.30. The molecule has 0 radical (unpaired) electrons. The van der Waals surface area contributed by atoms with E-state index in [1.165, 1.54) is 4.90 Å². The fraction of sp³-hybridized carbons (Fsp3) is 0.219. The molecule has 0 saturated heterocycles. The molecule has 1 aromatic heterocycles. The predicted molar refractivity (Wildman–Crippen MR) is 162 cm³/mol. The summed E-state index contributed by atoms with van der Waals surface area (Å²) in [6, 6.07) is 14.0. The van der Waals surface area contributed by atoms with E-state index < -0.39 is 17.6 Å². The van der Waals surface area contributed by atoms with Crippen molar-refractivity contribution in [3.8, 4) is 12.8 Å². The van der Waals surface area contributed by atoms with Gasteiger partial charge in [-0.1, -0.05) is 48.0 Å². The van der Waals surface area contributed by atoms with E-state index >= 15 is 0 Å². The van der Waals surface area contributed by atoms with E-state index in [-0.39, 0.29) is 30.3 Å². The number of halogens is 3. The second-order valence-corrected chi connectivity index (χ2v) is 9.54. The van der Waals surface area contributed by atoms with Crippen LogP contribution in [-0.2, 0) is 19.1 Å². The second kappa shape index (κ2) is 13.7. The van der Waals surface area contributed by atoms with Crippen LogP contribution >= 0.6 is 0 Å². The number of nitrogens with zero attached hydrogens (tertiary/aromatic N) is 2. The summed E-state index contributed by atoms with van der Waals surface area (Å²) in [7, 11) is 0. The zero-order valence-electron chi connectivity index (χ0n) is 23.4. The molecule has 3 aromatic rings. The maximum atomic E-state index is 13.6. The summed E-state index contributed by atoms with van der Waals surface area (Å²) in [6.07, 6.45) is 8.37. The molecule has 0 unspecified atom stereocenters. The van der Waals surface area contributed by atoms with E-state index in [1.807, 2.05) is 62.4 Å². The second-order valence-electron chi connectivity index (χ2n) is 9.54. The molecule has 218 valence electrons. The molecule has 0 bridgehead atoms. The van der Waals surface area contributed by atoms with Crippen LogP contribution in [-0.4, -0.2) is 29.8 Å². The van der Waals surface area contributed by atoms with Gasteiger partial charge in [0, 0.05) is 37.1 Å². The number of carbonyl (C=O) groups is 1. The average Bonchev–Trinajstić information content (AvgIpc) is 3.40. The lowest BCUT2D eigenvalue weighted by Gasteiger charge is -2.20. The van der Waals surface area contributed by atoms with E-state index in [2.05, 4.69) is 23.1 Å². The van der Waals surface area contributed by atoms with Gasteiger partial charge >= 0.3 is 6.18 Å². The highest BCUT2D eigenvalue weighted by atomic mass is 19.4. The van der Waals surface area contributed by atoms with E-state index in [4.69, 9.17) is 16.9 Å². The van der Waals surface area contributed by atoms with Crippen LogP contribution in [0.2, 0.25) is 0 Å². The number of hydrogen-bond donors (Lipinski definition) is 4. The van der Waals surface area contributed by atoms with Crippen LogP contribution in [0.1, 0.15) is 45.1 Å². The van der Waals surface area contributed by atoms with Gasteiger partial charge in [0.2, 0.25) is 0 Å². The fourth-order valence-electron chi connectivity index (χ4n) is 4.58. The molecular formula is C32H33F3N6O. The molecule has 0 saturated carbocycles. The number of aromatic nitrogens is 1. The number of rotatable bonds is 8. The summed E-state index contributed by atoms with van der Waals surface area (Å²) >= 11 is 0. The molecular weight excluding hydrogens is 541 g/mol. The number of anilines is 2. The third-order valence-corrected chi connectivity index (χ3v) is 6.77. The predicted octanol–water partition coefficient (Wildman–Crippen LogP) is 5.70. The summed E-state index contributed by atoms with van der Waals surface area (Å²) in [5.74, 6) is -0.553. The maximum absolute atomic E-state index is 13.6. The number of hydrogen-bond acceptors (Lipinski definition) is 5. The molecule has 2 aromatic carbocycles. The number of nitrogens with one attached hydrogen (secondary N) is 2. The van der Waals surface area contributed by atoms with Crippen LogP contribution in [0, 0.1) is 25.2 Å². The Labute approximate surface area is 243 Å². The zero-order chi connectivity index (χ0) is 31.0. The van der Waals surface area contributed by atoms with Gasteiger partial charge in [0.25, 0.3) is 5.91 Å². The highest BCUT2D eigenvalue weighted by Gasteiger charge is 2.34. The van der Waals surface area contributed by atoms with Crippen molar-refractivity contribution in [3.05, 3.63) is 106 Å². The Balaban J connectivity index is 0.00000237. The van der Waals surface area contributed by atoms with E-state index in [1.54, 1.807) is 6.08 Å². The Morgan fingerprint density at radius 3 is 2.45 bits per heavy atom. The number of amides is 1. The molecule has 6 N–H and O–H groups in total. The van der Waals surface area contributed by atoms with Crippen LogP contribution in [0.15, 0.2) is 72.5 Å². The SMILES string of the molecule is C#C.C/C=C(\C=C(/CN)C(=N)N)c1ccc(CNc2ncc(C(F)(F)F)cc2C(=O)N2CCc3cc(C)ccc32)cc1. The number of terminal acetylenes is 1. The highest BCUT2D eigenvalue weighted by molar-refractivity contribution is 6.10. The Kier molecular flexibility index (Phi) is 10.3. The van der Waals surface area contributed by atoms with Crippen molar-refractivity contribution in [3.63, 3.8) is 0 Å². The maximum Gasteiger partial charge on any atom is 0.417 e. The van der Waals surface area contributed by atoms with Crippen molar-refractivity contribution in [2.75, 3.05) is 23.3 Å². The van der Waals surface area contributed by atoms with Crippen molar-refractivity contribution in [2.24, 2.45) is 11.5 Å². The van der Waals surface area contributed by atoms with Gasteiger partial charge in [-0.3, -0.25) is 10.2 Å². The van der Waals surface area contributed by atoms with Crippen LogP contribution < -0.4 is 21.7 Å². The topological polar surface area (TPSA) is 121 Å². The van der Waals surface area contributed by atoms with Gasteiger partial charge in [-0.05, 0) is 60.7 Å². The van der Waals surface area contributed by atoms with Gasteiger partial charge in [0.1, 0.15) is 11.7 Å². The van der Waals surface area contributed by atoms with Crippen molar-refractivity contribution >= 4 is 28.8 Å². The average molecular weight is 575 g/mol. The van der Waals surface area contributed by atoms with E-state index in [0.717, 1.165) is 40.1 Å². The Morgan fingerprint density at radius 1 is 1.17 bits per heavy atom. The van der Waals surface area contributed by atoms with Crippen molar-refractivity contribution in [2.45, 2.75) is 33.0 Å². The number of allylic oxidation sites excluding steroid dienone is 3. The monoisotopic (exact) mass is 574 g/mol. The van der Waals surface area contributed by atoms with Gasteiger partial charge in [0.15, 0.2) is 0 Å². The lowest BCUT2D eigenvalue weighted by atomic mass is 10.0. The van der Waals surface area contributed by atoms with E-state index in [0.29, 0.717) is 24.2 Å². The number of alkyl halides is 3. The molecule has 0 aliphatic carbocycles. The Hall–Kier alpha value is -4.88. The molecule has 4 rings (SSSR count). The minimum absolute atomic E-state index is 0.0776. The summed E-state index contributed by atoms with van der Waals surface area (Å²) in [5, 5.41) is 10.7. The molecule has 42 heavy (non-hydrogen) atoms. The first-order chi connectivity index (χ1) is 20.0. The van der Waals surface area contributed by atoms with Crippen LogP contribution in [0.25, 0.3) is 5.57 Å². The highest BCUT2D eigenvalue weighted by Crippen LogP contribution is 2.34. The number of carbonyl (C=O) groups excluding carboxylic acids is 1. The Morgan fingerprint density at radius 2 is 1.86 bits per heavy atom. The first kappa shape index (κ1) is 31.6. The molecule has 1 aliphatic rings. The molecule has 7 nitrogen and oxygen atoms in total. The van der Waals surface area contributed by atoms with Crippen molar-refractivity contribution in [1.29, 1.82) is 5.41 Å². The molecule has 10 heteroatoms. The number of aryl methyl sites for hydroxylation is 1. The van der Waals surface area contributed by atoms with Gasteiger partial charge in [-0.25, -0.2) is 4.98 Å². The van der Waals surface area contributed by atoms with Gasteiger partial charge in [-0.2, -0.15) is 13.2 Å². The molecule has 0 atom stereocenters. The summed E-state index contributed by atoms with van der Waals surface area (Å²) in [6.45, 7) is 4.57. The minimum atomic E-state index is -4.64. The van der Waals surface area contributed by atoms with Crippen LogP contribution in [0.4, 0.5) is 24.7 Å². The normalized spacial score (nSPS) is 13.2. The fourth-order valence-corrected chi connectivity index (χ4v) is 4.58. The molecule has 0 fully saturated rings. The number of benzene rings is 2. The van der Waals surface area contributed by atoms with Crippen LogP contribution in [0.3, 0.4) is 0 Å². The minimum Gasteiger partial charge on any atom is -0.384 e. The van der Waals surface area contributed by atoms with Crippen molar-refractivity contribution < 1.29 is 18.0 Å². The quantitative estimate of drug-likeness (QED) is 0.119. The standard InChI is InChI=1S/C30H31F3N6O.C2H2/c1-3-20(13-23(15-34)27(35)36)21-7-5-19(6-8-21)16-37-28-25(14-24(17-38-28)30(31,32)33)29(40)39-11-10-22-12-18(2)4-9-26(22)39;1-2/h3-9,12-14,17H,10-11,15-16,34H2,1-2H3,(H3,35,36)(H,37,38);1-2H/b20-3+,23-13+;. The first-order valence-electron chi connectivity index (χ1n) is 13.1. The molecule has 1 aliphatic heterocycles. The Bertz CT molecular complexity index is 1540. The van der Waals surface area contributed by atoms with Crippen molar-refractivity contribution in [1.82, 2.24) is 4.98 Å². The van der Waals surface area contributed by atoms with E-state index in [9.17, 15) is 18.0 Å². The van der Waals surface area contributed by atoms with Gasteiger partial charge < -0.3 is 21.7 Å². The van der Waals surface area contributed by atoms with Crippen LogP contribution in [0.5, 0.6) is 0 Å². The number of nitrogens with two attached hydrogens (primary N) is 2. The first-order valence-corrected chi connectivity index (χ1v) is 13.1. The number of amidine groups is 1. The van der Waals surface area contributed by atoms with Gasteiger partial charge in [-0.15, -0.1) is 12.8 Å². The number of pyridine rings is 1. The molecule has 0 spiro atoms. The summed E-state index contributed by atoms with van der Waals surface area (Å²) < 4.78 is 40.6. The zero-order valence-corrected chi connectivity index (χ0v) is 23.4.